The van der Waals surface area contributed by atoms with Crippen molar-refractivity contribution in [2.45, 2.75) is 6.42 Å². The first-order valence-corrected chi connectivity index (χ1v) is 5.67. The number of benzene rings is 2. The maximum Gasteiger partial charge on any atom is 0.168 e. The van der Waals surface area contributed by atoms with Crippen molar-refractivity contribution < 1.29 is 13.6 Å². The predicted molar refractivity (Wildman–Crippen MR) is 65.8 cm³/mol. The van der Waals surface area contributed by atoms with E-state index in [9.17, 15) is 13.6 Å². The molecule has 0 bridgehead atoms. The first kappa shape index (κ1) is 12.7. The molecule has 0 saturated carbocycles. The molecule has 0 fully saturated rings. The number of rotatable bonds is 3. The first-order chi connectivity index (χ1) is 8.56. The molecule has 4 heteroatoms. The van der Waals surface area contributed by atoms with E-state index >= 15 is 0 Å². The molecular weight excluding hydrogens is 258 g/mol. The molecule has 18 heavy (non-hydrogen) atoms. The first-order valence-electron chi connectivity index (χ1n) is 5.29. The van der Waals surface area contributed by atoms with Crippen LogP contribution in [0.5, 0.6) is 0 Å². The minimum Gasteiger partial charge on any atom is -0.294 e. The van der Waals surface area contributed by atoms with E-state index in [1.165, 1.54) is 30.3 Å². The van der Waals surface area contributed by atoms with Gasteiger partial charge in [-0.1, -0.05) is 23.7 Å². The molecule has 0 heterocycles. The van der Waals surface area contributed by atoms with Gasteiger partial charge in [-0.3, -0.25) is 4.79 Å². The Morgan fingerprint density at radius 1 is 1.06 bits per heavy atom. The third kappa shape index (κ3) is 2.93. The van der Waals surface area contributed by atoms with Crippen molar-refractivity contribution >= 4 is 17.4 Å². The minimum atomic E-state index is -0.498. The lowest BCUT2D eigenvalue weighted by atomic mass is 10.0. The van der Waals surface area contributed by atoms with Gasteiger partial charge < -0.3 is 0 Å². The molecule has 92 valence electrons. The smallest absolute Gasteiger partial charge is 0.168 e. The summed E-state index contributed by atoms with van der Waals surface area (Å²) in [5.74, 6) is -1.17. The molecule has 0 spiro atoms. The highest BCUT2D eigenvalue weighted by Gasteiger charge is 2.12. The van der Waals surface area contributed by atoms with Crippen LogP contribution >= 0.6 is 11.6 Å². The number of ketones is 1. The zero-order valence-electron chi connectivity index (χ0n) is 9.29. The van der Waals surface area contributed by atoms with Crippen molar-refractivity contribution in [3.05, 3.63) is 70.2 Å². The minimum absolute atomic E-state index is 0.0309. The van der Waals surface area contributed by atoms with E-state index < -0.39 is 11.6 Å². The Labute approximate surface area is 108 Å². The highest BCUT2D eigenvalue weighted by Crippen LogP contribution is 2.19. The van der Waals surface area contributed by atoms with E-state index in [-0.39, 0.29) is 22.8 Å². The Hall–Kier alpha value is -1.74. The van der Waals surface area contributed by atoms with Crippen molar-refractivity contribution in [1.82, 2.24) is 0 Å². The van der Waals surface area contributed by atoms with Crippen LogP contribution in [0.2, 0.25) is 5.02 Å². The van der Waals surface area contributed by atoms with Crippen LogP contribution in [0.15, 0.2) is 42.5 Å². The van der Waals surface area contributed by atoms with E-state index in [2.05, 4.69) is 0 Å². The molecule has 0 aliphatic carbocycles. The molecule has 2 rings (SSSR count). The third-order valence-electron chi connectivity index (χ3n) is 2.49. The van der Waals surface area contributed by atoms with Gasteiger partial charge >= 0.3 is 0 Å². The quantitative estimate of drug-likeness (QED) is 0.766. The monoisotopic (exact) mass is 266 g/mol. The van der Waals surface area contributed by atoms with Crippen molar-refractivity contribution in [2.24, 2.45) is 0 Å². The standard InChI is InChI=1S/C14H9ClF2O/c15-13-8-11(17)4-5-12(13)14(18)7-9-2-1-3-10(16)6-9/h1-6,8H,7H2. The average molecular weight is 267 g/mol. The van der Waals surface area contributed by atoms with Gasteiger partial charge in [-0.25, -0.2) is 8.78 Å². The lowest BCUT2D eigenvalue weighted by Crippen LogP contribution is -2.04. The fourth-order valence-electron chi connectivity index (χ4n) is 1.64. The highest BCUT2D eigenvalue weighted by molar-refractivity contribution is 6.34. The second-order valence-electron chi connectivity index (χ2n) is 3.85. The molecule has 2 aromatic carbocycles. The average Bonchev–Trinajstić information content (AvgIpc) is 2.28. The van der Waals surface area contributed by atoms with Gasteiger partial charge in [0.05, 0.1) is 5.02 Å². The van der Waals surface area contributed by atoms with E-state index in [4.69, 9.17) is 11.6 Å². The molecule has 2 aromatic rings. The molecule has 0 unspecified atom stereocenters. The second-order valence-corrected chi connectivity index (χ2v) is 4.26. The molecule has 0 aliphatic heterocycles. The van der Waals surface area contributed by atoms with Gasteiger partial charge in [0.2, 0.25) is 0 Å². The van der Waals surface area contributed by atoms with Gasteiger partial charge in [-0.2, -0.15) is 0 Å². The maximum absolute atomic E-state index is 13.0. The van der Waals surface area contributed by atoms with Crippen molar-refractivity contribution in [2.75, 3.05) is 0 Å². The van der Waals surface area contributed by atoms with Gasteiger partial charge in [-0.05, 0) is 35.9 Å². The van der Waals surface area contributed by atoms with Crippen LogP contribution in [-0.4, -0.2) is 5.78 Å². The molecule has 0 N–H and O–H groups in total. The van der Waals surface area contributed by atoms with Crippen LogP contribution in [-0.2, 0) is 6.42 Å². The van der Waals surface area contributed by atoms with E-state index in [0.29, 0.717) is 5.56 Å². The van der Waals surface area contributed by atoms with Crippen molar-refractivity contribution in [3.63, 3.8) is 0 Å². The fraction of sp³-hybridized carbons (Fsp3) is 0.0714. The van der Waals surface area contributed by atoms with Crippen LogP contribution in [0, 0.1) is 11.6 Å². The number of carbonyl (C=O) groups excluding carboxylic acids is 1. The van der Waals surface area contributed by atoms with E-state index in [1.54, 1.807) is 6.07 Å². The number of hydrogen-bond acceptors (Lipinski definition) is 1. The number of carbonyl (C=O) groups is 1. The summed E-state index contributed by atoms with van der Waals surface area (Å²) in [4.78, 5) is 11.9. The Morgan fingerprint density at radius 2 is 1.78 bits per heavy atom. The fourth-order valence-corrected chi connectivity index (χ4v) is 1.92. The zero-order chi connectivity index (χ0) is 13.1. The molecule has 0 amide bonds. The van der Waals surface area contributed by atoms with Gasteiger partial charge in [0.25, 0.3) is 0 Å². The molecule has 0 aromatic heterocycles. The summed E-state index contributed by atoms with van der Waals surface area (Å²) >= 11 is 5.79. The number of Topliss-reactive ketones (excluding diaryl/α,β-unsaturated/α-hetero) is 1. The van der Waals surface area contributed by atoms with Crippen LogP contribution in [0.1, 0.15) is 15.9 Å². The Kier molecular flexibility index (Phi) is 3.72. The third-order valence-corrected chi connectivity index (χ3v) is 2.80. The molecule has 0 radical (unpaired) electrons. The summed E-state index contributed by atoms with van der Waals surface area (Å²) in [6.45, 7) is 0. The van der Waals surface area contributed by atoms with Crippen LogP contribution < -0.4 is 0 Å². The lowest BCUT2D eigenvalue weighted by molar-refractivity contribution is 0.0993. The Morgan fingerprint density at radius 3 is 2.44 bits per heavy atom. The summed E-state index contributed by atoms with van der Waals surface area (Å²) in [6, 6.07) is 9.36. The largest absolute Gasteiger partial charge is 0.294 e. The summed E-state index contributed by atoms with van der Waals surface area (Å²) in [7, 11) is 0. The molecular formula is C14H9ClF2O. The summed E-state index contributed by atoms with van der Waals surface area (Å²) in [5.41, 5.74) is 0.794. The lowest BCUT2D eigenvalue weighted by Gasteiger charge is -2.04. The topological polar surface area (TPSA) is 17.1 Å². The second kappa shape index (κ2) is 5.27. The van der Waals surface area contributed by atoms with Crippen molar-refractivity contribution in [1.29, 1.82) is 0 Å². The number of halogens is 3. The van der Waals surface area contributed by atoms with Gasteiger partial charge in [0, 0.05) is 12.0 Å². The number of hydrogen-bond donors (Lipinski definition) is 0. The summed E-state index contributed by atoms with van der Waals surface area (Å²) < 4.78 is 25.8. The van der Waals surface area contributed by atoms with Gasteiger partial charge in [-0.15, -0.1) is 0 Å². The predicted octanol–water partition coefficient (Wildman–Crippen LogP) is 4.04. The van der Waals surface area contributed by atoms with E-state index in [0.717, 1.165) is 6.07 Å². The Bertz CT molecular complexity index is 596. The highest BCUT2D eigenvalue weighted by atomic mass is 35.5. The van der Waals surface area contributed by atoms with Crippen molar-refractivity contribution in [3.8, 4) is 0 Å². The van der Waals surface area contributed by atoms with Crippen LogP contribution in [0.25, 0.3) is 0 Å². The SMILES string of the molecule is O=C(Cc1cccc(F)c1)c1ccc(F)cc1Cl. The molecule has 1 nitrogen and oxygen atoms in total. The molecule has 0 saturated heterocycles. The zero-order valence-corrected chi connectivity index (χ0v) is 10.0. The van der Waals surface area contributed by atoms with Crippen LogP contribution in [0.4, 0.5) is 8.78 Å². The molecule has 0 atom stereocenters. The molecule has 0 aliphatic rings. The Balaban J connectivity index is 2.22. The van der Waals surface area contributed by atoms with Gasteiger partial charge in [0.15, 0.2) is 5.78 Å². The van der Waals surface area contributed by atoms with E-state index in [1.807, 2.05) is 0 Å². The normalized spacial score (nSPS) is 10.4. The van der Waals surface area contributed by atoms with Gasteiger partial charge in [0.1, 0.15) is 11.6 Å². The summed E-state index contributed by atoms with van der Waals surface area (Å²) in [6.07, 6.45) is 0.0309. The van der Waals surface area contributed by atoms with Crippen LogP contribution in [0.3, 0.4) is 0 Å². The summed E-state index contributed by atoms with van der Waals surface area (Å²) in [5, 5.41) is 0.0661. The maximum atomic E-state index is 13.0.